The van der Waals surface area contributed by atoms with E-state index in [0.717, 1.165) is 44.2 Å². The van der Waals surface area contributed by atoms with Gasteiger partial charge in [-0.25, -0.2) is 4.39 Å². The van der Waals surface area contributed by atoms with Crippen LogP contribution < -0.4 is 9.64 Å². The molecule has 3 rings (SSSR count). The second kappa shape index (κ2) is 11.5. The molecule has 1 fully saturated rings. The highest BCUT2D eigenvalue weighted by Gasteiger charge is 2.17. The first kappa shape index (κ1) is 24.5. The molecular formula is C22H31Cl2FN2O. The summed E-state index contributed by atoms with van der Waals surface area (Å²) in [7, 11) is 0. The van der Waals surface area contributed by atoms with Crippen LogP contribution in [0.15, 0.2) is 42.5 Å². The van der Waals surface area contributed by atoms with E-state index in [1.54, 1.807) is 0 Å². The molecule has 0 atom stereocenters. The summed E-state index contributed by atoms with van der Waals surface area (Å²) in [5.74, 6) is 1.30. The molecule has 0 bridgehead atoms. The first-order valence-electron chi connectivity index (χ1n) is 9.49. The van der Waals surface area contributed by atoms with Gasteiger partial charge in [0.05, 0.1) is 0 Å². The summed E-state index contributed by atoms with van der Waals surface area (Å²) in [5, 5.41) is 0. The van der Waals surface area contributed by atoms with E-state index in [1.807, 2.05) is 12.1 Å². The van der Waals surface area contributed by atoms with Gasteiger partial charge in [-0.1, -0.05) is 26.0 Å². The van der Waals surface area contributed by atoms with E-state index in [4.69, 9.17) is 4.74 Å². The van der Waals surface area contributed by atoms with Gasteiger partial charge in [-0.15, -0.1) is 24.8 Å². The van der Waals surface area contributed by atoms with Gasteiger partial charge in [-0.2, -0.15) is 0 Å². The molecule has 0 radical (unpaired) electrons. The third-order valence-electron chi connectivity index (χ3n) is 5.02. The van der Waals surface area contributed by atoms with Crippen molar-refractivity contribution in [3.63, 3.8) is 0 Å². The monoisotopic (exact) mass is 428 g/mol. The molecule has 1 aliphatic rings. The van der Waals surface area contributed by atoms with Crippen LogP contribution in [-0.4, -0.2) is 44.2 Å². The summed E-state index contributed by atoms with van der Waals surface area (Å²) >= 11 is 0. The maximum atomic E-state index is 13.1. The predicted octanol–water partition coefficient (Wildman–Crippen LogP) is 5.30. The zero-order chi connectivity index (χ0) is 18.5. The molecule has 156 valence electrons. The molecule has 0 unspecified atom stereocenters. The molecule has 0 aromatic heterocycles. The van der Waals surface area contributed by atoms with E-state index >= 15 is 0 Å². The standard InChI is InChI=1S/C22H29FN2O.2ClH/c1-17(2)21-9-4-18(3)16-22(21)26-15-14-24-10-12-25(13-11-24)20-7-5-19(23)6-8-20;;/h4-9,16-17H,10-15H2,1-3H3;2*1H. The van der Waals surface area contributed by atoms with E-state index in [2.05, 4.69) is 48.8 Å². The first-order chi connectivity index (χ1) is 12.5. The highest BCUT2D eigenvalue weighted by Crippen LogP contribution is 2.27. The van der Waals surface area contributed by atoms with Crippen molar-refractivity contribution < 1.29 is 9.13 Å². The molecule has 1 saturated heterocycles. The lowest BCUT2D eigenvalue weighted by atomic mass is 10.0. The Balaban J connectivity index is 0.00000196. The van der Waals surface area contributed by atoms with Crippen molar-refractivity contribution in [2.75, 3.05) is 44.2 Å². The minimum Gasteiger partial charge on any atom is -0.492 e. The summed E-state index contributed by atoms with van der Waals surface area (Å²) in [4.78, 5) is 4.75. The molecule has 2 aromatic carbocycles. The second-order valence-electron chi connectivity index (χ2n) is 7.35. The van der Waals surface area contributed by atoms with E-state index in [1.165, 1.54) is 23.3 Å². The summed E-state index contributed by atoms with van der Waals surface area (Å²) in [5.41, 5.74) is 3.61. The number of rotatable bonds is 6. The molecule has 1 heterocycles. The number of ether oxygens (including phenoxy) is 1. The lowest BCUT2D eigenvalue weighted by Gasteiger charge is -2.36. The van der Waals surface area contributed by atoms with Crippen molar-refractivity contribution in [3.8, 4) is 5.75 Å². The van der Waals surface area contributed by atoms with Crippen LogP contribution in [0, 0.1) is 12.7 Å². The summed E-state index contributed by atoms with van der Waals surface area (Å²) in [6.45, 7) is 12.1. The number of aryl methyl sites for hydroxylation is 1. The number of hydrogen-bond acceptors (Lipinski definition) is 3. The predicted molar refractivity (Wildman–Crippen MR) is 120 cm³/mol. The lowest BCUT2D eigenvalue weighted by molar-refractivity contribution is 0.199. The van der Waals surface area contributed by atoms with Gasteiger partial charge in [0.25, 0.3) is 0 Å². The van der Waals surface area contributed by atoms with Crippen molar-refractivity contribution in [3.05, 3.63) is 59.4 Å². The number of benzene rings is 2. The molecule has 3 nitrogen and oxygen atoms in total. The number of piperazine rings is 1. The van der Waals surface area contributed by atoms with E-state index in [0.29, 0.717) is 12.5 Å². The maximum Gasteiger partial charge on any atom is 0.123 e. The zero-order valence-electron chi connectivity index (χ0n) is 16.9. The number of anilines is 1. The van der Waals surface area contributed by atoms with Crippen LogP contribution in [0.25, 0.3) is 0 Å². The van der Waals surface area contributed by atoms with Gasteiger partial charge < -0.3 is 9.64 Å². The topological polar surface area (TPSA) is 15.7 Å². The zero-order valence-corrected chi connectivity index (χ0v) is 18.5. The maximum absolute atomic E-state index is 13.1. The summed E-state index contributed by atoms with van der Waals surface area (Å²) in [6, 6.07) is 13.3. The molecular weight excluding hydrogens is 398 g/mol. The minimum absolute atomic E-state index is 0. The van der Waals surface area contributed by atoms with Crippen LogP contribution in [0.1, 0.15) is 30.9 Å². The Morgan fingerprint density at radius 1 is 0.964 bits per heavy atom. The lowest BCUT2D eigenvalue weighted by Crippen LogP contribution is -2.47. The van der Waals surface area contributed by atoms with E-state index in [-0.39, 0.29) is 30.6 Å². The first-order valence-corrected chi connectivity index (χ1v) is 9.49. The van der Waals surface area contributed by atoms with Gasteiger partial charge in [0.1, 0.15) is 18.2 Å². The van der Waals surface area contributed by atoms with Crippen molar-refractivity contribution in [2.24, 2.45) is 0 Å². The molecule has 28 heavy (non-hydrogen) atoms. The van der Waals surface area contributed by atoms with Crippen LogP contribution in [0.5, 0.6) is 5.75 Å². The third-order valence-corrected chi connectivity index (χ3v) is 5.02. The van der Waals surface area contributed by atoms with Crippen molar-refractivity contribution in [2.45, 2.75) is 26.7 Å². The molecule has 0 spiro atoms. The van der Waals surface area contributed by atoms with Crippen LogP contribution in [0.3, 0.4) is 0 Å². The fourth-order valence-corrected chi connectivity index (χ4v) is 3.41. The number of hydrogen-bond donors (Lipinski definition) is 0. The van der Waals surface area contributed by atoms with Crippen LogP contribution in [0.2, 0.25) is 0 Å². The Kier molecular flexibility index (Phi) is 10.1. The highest BCUT2D eigenvalue weighted by molar-refractivity contribution is 5.85. The van der Waals surface area contributed by atoms with Gasteiger partial charge in [0.2, 0.25) is 0 Å². The van der Waals surface area contributed by atoms with Gasteiger partial charge in [-0.05, 0) is 54.3 Å². The normalized spacial score (nSPS) is 14.4. The van der Waals surface area contributed by atoms with Gasteiger partial charge in [0.15, 0.2) is 0 Å². The Morgan fingerprint density at radius 2 is 1.61 bits per heavy atom. The Labute approximate surface area is 180 Å². The SMILES string of the molecule is Cc1ccc(C(C)C)c(OCCN2CCN(c3ccc(F)cc3)CC2)c1.Cl.Cl. The highest BCUT2D eigenvalue weighted by atomic mass is 35.5. The van der Waals surface area contributed by atoms with Crippen LogP contribution >= 0.6 is 24.8 Å². The molecule has 2 aromatic rings. The fourth-order valence-electron chi connectivity index (χ4n) is 3.41. The van der Waals surface area contributed by atoms with Gasteiger partial charge >= 0.3 is 0 Å². The molecule has 6 heteroatoms. The molecule has 0 saturated carbocycles. The third kappa shape index (κ3) is 6.54. The van der Waals surface area contributed by atoms with Crippen molar-refractivity contribution in [1.82, 2.24) is 4.90 Å². The van der Waals surface area contributed by atoms with Gasteiger partial charge in [0, 0.05) is 38.4 Å². The largest absolute Gasteiger partial charge is 0.492 e. The average molecular weight is 429 g/mol. The molecule has 1 aliphatic heterocycles. The Bertz CT molecular complexity index is 717. The van der Waals surface area contributed by atoms with Crippen LogP contribution in [0.4, 0.5) is 10.1 Å². The Morgan fingerprint density at radius 3 is 2.21 bits per heavy atom. The number of nitrogens with zero attached hydrogens (tertiary/aromatic N) is 2. The van der Waals surface area contributed by atoms with Gasteiger partial charge in [-0.3, -0.25) is 4.90 Å². The van der Waals surface area contributed by atoms with Crippen LogP contribution in [-0.2, 0) is 0 Å². The fraction of sp³-hybridized carbons (Fsp3) is 0.455. The van der Waals surface area contributed by atoms with E-state index in [9.17, 15) is 4.39 Å². The summed E-state index contributed by atoms with van der Waals surface area (Å²) in [6.07, 6.45) is 0. The van der Waals surface area contributed by atoms with E-state index < -0.39 is 0 Å². The van der Waals surface area contributed by atoms with Crippen molar-refractivity contribution in [1.29, 1.82) is 0 Å². The molecule has 0 amide bonds. The average Bonchev–Trinajstić information content (AvgIpc) is 2.63. The quantitative estimate of drug-likeness (QED) is 0.620. The molecule has 0 aliphatic carbocycles. The minimum atomic E-state index is -0.179. The summed E-state index contributed by atoms with van der Waals surface area (Å²) < 4.78 is 19.2. The smallest absolute Gasteiger partial charge is 0.123 e. The molecule has 0 N–H and O–H groups in total. The van der Waals surface area contributed by atoms with Crippen molar-refractivity contribution >= 4 is 30.5 Å². The number of halogens is 3. The Hall–Kier alpha value is -1.49. The second-order valence-corrected chi connectivity index (χ2v) is 7.35.